The summed E-state index contributed by atoms with van der Waals surface area (Å²) in [7, 11) is -1.99. The van der Waals surface area contributed by atoms with Crippen molar-refractivity contribution in [2.75, 3.05) is 32.9 Å². The molecule has 8 rings (SSSR count). The first kappa shape index (κ1) is 42.4. The van der Waals surface area contributed by atoms with Crippen LogP contribution >= 0.6 is 10.7 Å². The maximum atomic E-state index is 14.5. The van der Waals surface area contributed by atoms with E-state index in [1.807, 2.05) is 18.2 Å². The van der Waals surface area contributed by atoms with Crippen molar-refractivity contribution in [1.29, 1.82) is 0 Å². The Hall–Kier alpha value is -3.33. The van der Waals surface area contributed by atoms with Gasteiger partial charge in [0.25, 0.3) is 9.05 Å². The number of aromatic nitrogens is 4. The Bertz CT molecular complexity index is 2540. The number of fused-ring (bicyclic) bond motifs is 2. The monoisotopic (exact) mass is 863 g/mol. The molecule has 5 heterocycles. The minimum atomic E-state index is -3.90. The van der Waals surface area contributed by atoms with Gasteiger partial charge in [-0.1, -0.05) is 71.9 Å². The summed E-state index contributed by atoms with van der Waals surface area (Å²) in [6.45, 7) is 17.4. The van der Waals surface area contributed by atoms with Gasteiger partial charge in [0.2, 0.25) is 10.0 Å². The Morgan fingerprint density at radius 3 is 1.88 bits per heavy atom. The SMILES string of the molecule is CC(C)(C)c1nc2cc(S(=O)(=O)N3CCC(C(c4ccccc4)C4CC(Cn5c(C(C)(C)C)nc6cc(S(=O)(=O)Cl)ccc65)CCO4)C3)ccc2n1CC1CCOCC1. The van der Waals surface area contributed by atoms with E-state index in [9.17, 15) is 16.8 Å². The molecule has 3 saturated heterocycles. The highest BCUT2D eigenvalue weighted by atomic mass is 35.7. The molecule has 59 heavy (non-hydrogen) atoms. The highest BCUT2D eigenvalue weighted by Gasteiger charge is 2.42. The number of benzene rings is 3. The lowest BCUT2D eigenvalue weighted by Gasteiger charge is -2.38. The molecule has 11 nitrogen and oxygen atoms in total. The standard InChI is InChI=1S/C45H58ClN5O6S2/c1-44(2,3)42-48-37-26-35(13-15-39(37)50(42)27-30-17-21-56-22-18-30)59(54,55)49-20-16-33(29-49)41(32-10-8-7-9-11-32)40-24-31(19-23-57-40)28-51-38-14-12-34(58(46,52)53)25-36(38)47-43(51)45(4,5)6/h7-15,25-26,30-31,33,40-41H,16-24,27-29H2,1-6H3. The van der Waals surface area contributed by atoms with Crippen molar-refractivity contribution in [3.8, 4) is 0 Å². The number of halogens is 1. The van der Waals surface area contributed by atoms with Crippen LogP contribution in [0.5, 0.6) is 0 Å². The fourth-order valence-electron chi connectivity index (χ4n) is 9.69. The van der Waals surface area contributed by atoms with Crippen LogP contribution in [-0.2, 0) is 52.5 Å². The minimum absolute atomic E-state index is 0.00462. The summed E-state index contributed by atoms with van der Waals surface area (Å²) >= 11 is 0. The first-order valence-electron chi connectivity index (χ1n) is 21.1. The van der Waals surface area contributed by atoms with E-state index >= 15 is 0 Å². The Morgan fingerprint density at radius 1 is 0.729 bits per heavy atom. The summed E-state index contributed by atoms with van der Waals surface area (Å²) in [6, 6.07) is 20.8. The number of rotatable bonds is 10. The smallest absolute Gasteiger partial charge is 0.261 e. The van der Waals surface area contributed by atoms with Crippen LogP contribution in [0.15, 0.2) is 76.5 Å². The molecule has 3 aliphatic rings. The van der Waals surface area contributed by atoms with Gasteiger partial charge in [0.15, 0.2) is 0 Å². The predicted octanol–water partition coefficient (Wildman–Crippen LogP) is 8.62. The van der Waals surface area contributed by atoms with E-state index in [1.54, 1.807) is 28.6 Å². The number of hydrogen-bond acceptors (Lipinski definition) is 8. The van der Waals surface area contributed by atoms with Crippen LogP contribution in [0.4, 0.5) is 0 Å². The molecule has 14 heteroatoms. The van der Waals surface area contributed by atoms with Crippen molar-refractivity contribution in [2.45, 2.75) is 119 Å². The number of imidazole rings is 2. The summed E-state index contributed by atoms with van der Waals surface area (Å²) in [6.07, 6.45) is 4.29. The van der Waals surface area contributed by atoms with Crippen LogP contribution in [0, 0.1) is 17.8 Å². The molecule has 0 amide bonds. The largest absolute Gasteiger partial charge is 0.381 e. The first-order chi connectivity index (χ1) is 27.9. The normalized spacial score (nSPS) is 22.4. The van der Waals surface area contributed by atoms with Crippen molar-refractivity contribution >= 4 is 51.8 Å². The van der Waals surface area contributed by atoms with Gasteiger partial charge in [0, 0.05) is 73.4 Å². The van der Waals surface area contributed by atoms with E-state index in [-0.39, 0.29) is 44.5 Å². The van der Waals surface area contributed by atoms with Crippen LogP contribution in [0.2, 0.25) is 0 Å². The maximum Gasteiger partial charge on any atom is 0.261 e. The predicted molar refractivity (Wildman–Crippen MR) is 232 cm³/mol. The van der Waals surface area contributed by atoms with Crippen LogP contribution in [-0.4, -0.2) is 79.3 Å². The van der Waals surface area contributed by atoms with Gasteiger partial charge in [-0.05, 0) is 91.8 Å². The molecule has 3 aliphatic heterocycles. The molecule has 0 radical (unpaired) electrons. The van der Waals surface area contributed by atoms with Gasteiger partial charge < -0.3 is 18.6 Å². The molecule has 318 valence electrons. The second kappa shape index (κ2) is 16.2. The zero-order valence-corrected chi connectivity index (χ0v) is 37.5. The number of ether oxygens (including phenoxy) is 2. The van der Waals surface area contributed by atoms with E-state index in [1.165, 1.54) is 0 Å². The van der Waals surface area contributed by atoms with Crippen molar-refractivity contribution in [3.05, 3.63) is 83.9 Å². The van der Waals surface area contributed by atoms with E-state index in [2.05, 4.69) is 74.9 Å². The molecule has 0 aliphatic carbocycles. The Labute approximate surface area is 353 Å². The molecule has 2 aromatic heterocycles. The lowest BCUT2D eigenvalue weighted by molar-refractivity contribution is -0.0370. The molecule has 4 atom stereocenters. The van der Waals surface area contributed by atoms with E-state index in [4.69, 9.17) is 30.1 Å². The topological polar surface area (TPSA) is 126 Å². The fraction of sp³-hybridized carbons (Fsp3) is 0.556. The van der Waals surface area contributed by atoms with E-state index in [0.29, 0.717) is 43.2 Å². The summed E-state index contributed by atoms with van der Waals surface area (Å²) < 4.78 is 71.8. The average molecular weight is 865 g/mol. The molecule has 0 bridgehead atoms. The van der Waals surface area contributed by atoms with Gasteiger partial charge in [-0.3, -0.25) is 0 Å². The highest BCUT2D eigenvalue weighted by Crippen LogP contribution is 2.43. The van der Waals surface area contributed by atoms with Crippen molar-refractivity contribution in [3.63, 3.8) is 0 Å². The number of sulfonamides is 1. The Kier molecular flexibility index (Phi) is 11.6. The molecule has 0 saturated carbocycles. The number of nitrogens with zero attached hydrogens (tertiary/aromatic N) is 5. The summed E-state index contributed by atoms with van der Waals surface area (Å²) in [4.78, 5) is 10.3. The fourth-order valence-corrected chi connectivity index (χ4v) is 12.0. The zero-order valence-electron chi connectivity index (χ0n) is 35.1. The van der Waals surface area contributed by atoms with Gasteiger partial charge in [-0.2, -0.15) is 4.31 Å². The van der Waals surface area contributed by atoms with E-state index in [0.717, 1.165) is 80.1 Å². The Balaban J connectivity index is 1.05. The third kappa shape index (κ3) is 8.75. The zero-order chi connectivity index (χ0) is 41.9. The lowest BCUT2D eigenvalue weighted by atomic mass is 9.77. The summed E-state index contributed by atoms with van der Waals surface area (Å²) in [5.74, 6) is 2.66. The molecule has 0 N–H and O–H groups in total. The number of hydrogen-bond donors (Lipinski definition) is 0. The molecule has 3 aromatic carbocycles. The third-order valence-corrected chi connectivity index (χ3v) is 15.8. The lowest BCUT2D eigenvalue weighted by Crippen LogP contribution is -2.37. The van der Waals surface area contributed by atoms with E-state index < -0.39 is 19.1 Å². The summed E-state index contributed by atoms with van der Waals surface area (Å²) in [5.41, 5.74) is 3.82. The van der Waals surface area contributed by atoms with Crippen molar-refractivity contribution in [2.24, 2.45) is 17.8 Å². The molecule has 4 unspecified atom stereocenters. The van der Waals surface area contributed by atoms with Crippen molar-refractivity contribution < 1.29 is 26.3 Å². The van der Waals surface area contributed by atoms with Crippen molar-refractivity contribution in [1.82, 2.24) is 23.4 Å². The minimum Gasteiger partial charge on any atom is -0.381 e. The summed E-state index contributed by atoms with van der Waals surface area (Å²) in [5, 5.41) is 0. The van der Waals surface area contributed by atoms with Gasteiger partial charge in [-0.15, -0.1) is 0 Å². The van der Waals surface area contributed by atoms with Gasteiger partial charge in [-0.25, -0.2) is 26.8 Å². The maximum absolute atomic E-state index is 14.5. The third-order valence-electron chi connectivity index (χ3n) is 12.6. The van der Waals surface area contributed by atoms with Crippen LogP contribution in [0.1, 0.15) is 96.8 Å². The van der Waals surface area contributed by atoms with Gasteiger partial charge in [0.05, 0.1) is 38.0 Å². The van der Waals surface area contributed by atoms with Crippen LogP contribution in [0.25, 0.3) is 22.1 Å². The molecule has 0 spiro atoms. The second-order valence-electron chi connectivity index (χ2n) is 19.0. The average Bonchev–Trinajstić information content (AvgIpc) is 3.92. The quantitative estimate of drug-likeness (QED) is 0.128. The highest BCUT2D eigenvalue weighted by molar-refractivity contribution is 8.13. The Morgan fingerprint density at radius 2 is 1.29 bits per heavy atom. The van der Waals surface area contributed by atoms with Crippen LogP contribution in [0.3, 0.4) is 0 Å². The van der Waals surface area contributed by atoms with Crippen LogP contribution < -0.4 is 0 Å². The molecule has 3 fully saturated rings. The van der Waals surface area contributed by atoms with Gasteiger partial charge >= 0.3 is 0 Å². The molecule has 5 aromatic rings. The van der Waals surface area contributed by atoms with Gasteiger partial charge in [0.1, 0.15) is 11.6 Å². The molecular formula is C45H58ClN5O6S2. The first-order valence-corrected chi connectivity index (χ1v) is 24.8. The molecular weight excluding hydrogens is 806 g/mol. The second-order valence-corrected chi connectivity index (χ2v) is 23.5.